The summed E-state index contributed by atoms with van der Waals surface area (Å²) in [5.74, 6) is -10.0. The number of carbonyl (C=O) groups is 6. The van der Waals surface area contributed by atoms with Gasteiger partial charge < -0.3 is 55.5 Å². The van der Waals surface area contributed by atoms with E-state index < -0.39 is 80.5 Å². The average molecular weight is 504 g/mol. The fraction of sp³-hybridized carbons (Fsp3) is 0.500. The minimum absolute atomic E-state index is 0. The molecule has 0 rings (SSSR count). The van der Waals surface area contributed by atoms with Crippen molar-refractivity contribution in [3.8, 4) is 0 Å². The van der Waals surface area contributed by atoms with Gasteiger partial charge >= 0.3 is 65.4 Å². The monoisotopic (exact) mass is 504 g/mol. The molecule has 0 amide bonds. The summed E-state index contributed by atoms with van der Waals surface area (Å²) in [4.78, 5) is 83.9. The van der Waals surface area contributed by atoms with Crippen LogP contribution < -0.4 is 34.5 Å². The van der Waals surface area contributed by atoms with E-state index in [1.807, 2.05) is 0 Å². The van der Waals surface area contributed by atoms with Gasteiger partial charge in [0, 0.05) is 0 Å². The molecule has 0 heterocycles. The number of aliphatic carboxylic acids is 6. The summed E-state index contributed by atoms with van der Waals surface area (Å²) in [7, 11) is -4.89. The number of phosphoric acid groups is 1. The van der Waals surface area contributed by atoms with Crippen molar-refractivity contribution in [3.05, 3.63) is 0 Å². The van der Waals surface area contributed by atoms with Gasteiger partial charge in [-0.3, -0.25) is 23.7 Å². The maximum atomic E-state index is 10.3. The molecular weight excluding hydrogens is 486 g/mol. The van der Waals surface area contributed by atoms with Crippen LogP contribution in [0.1, 0.15) is 25.7 Å². The van der Waals surface area contributed by atoms with Crippen LogP contribution in [0.15, 0.2) is 0 Å². The molecule has 18 nitrogen and oxygen atoms in total. The summed E-state index contributed by atoms with van der Waals surface area (Å²) in [5.41, 5.74) is -5.48. The Morgan fingerprint density at radius 1 is 0.594 bits per heavy atom. The fourth-order valence-electron chi connectivity index (χ4n) is 1.43. The molecule has 0 aromatic heterocycles. The van der Waals surface area contributed by atoms with E-state index in [2.05, 4.69) is 0 Å². The number of aliphatic hydroxyl groups is 2. The summed E-state index contributed by atoms with van der Waals surface area (Å²) < 4.78 is 8.77. The Morgan fingerprint density at radius 3 is 0.781 bits per heavy atom. The van der Waals surface area contributed by atoms with E-state index in [4.69, 9.17) is 60.1 Å². The maximum Gasteiger partial charge on any atom is 1.00 e. The minimum atomic E-state index is -4.89. The van der Waals surface area contributed by atoms with Crippen molar-refractivity contribution >= 4 is 43.6 Å². The number of rotatable bonds is 10. The first-order chi connectivity index (χ1) is 13.6. The van der Waals surface area contributed by atoms with Crippen molar-refractivity contribution in [2.45, 2.75) is 36.9 Å². The molecule has 0 saturated heterocycles. The molecular formula is C12H18NaO18P. The molecule has 0 radical (unpaired) electrons. The fourth-order valence-corrected chi connectivity index (χ4v) is 1.43. The van der Waals surface area contributed by atoms with Crippen LogP contribution in [0, 0.1) is 0 Å². The predicted molar refractivity (Wildman–Crippen MR) is 86.2 cm³/mol. The topological polar surface area (TPSA) is 345 Å². The number of carboxylic acids is 6. The quantitative estimate of drug-likeness (QED) is 0.0975. The molecule has 0 saturated carbocycles. The van der Waals surface area contributed by atoms with Crippen LogP contribution in [0.3, 0.4) is 0 Å². The third kappa shape index (κ3) is 22.5. The third-order valence-electron chi connectivity index (χ3n) is 2.57. The van der Waals surface area contributed by atoms with Gasteiger partial charge in [-0.25, -0.2) is 9.59 Å². The summed E-state index contributed by atoms with van der Waals surface area (Å²) in [6.07, 6.45) is -4.58. The van der Waals surface area contributed by atoms with Gasteiger partial charge in [0.25, 0.3) is 7.82 Å². The van der Waals surface area contributed by atoms with Crippen LogP contribution >= 0.6 is 7.82 Å². The van der Waals surface area contributed by atoms with Crippen LogP contribution in [0.4, 0.5) is 0 Å². The summed E-state index contributed by atoms with van der Waals surface area (Å²) in [5, 5.41) is 67.6. The van der Waals surface area contributed by atoms with E-state index in [0.29, 0.717) is 0 Å². The van der Waals surface area contributed by atoms with Gasteiger partial charge in [0.05, 0.1) is 25.7 Å². The molecule has 0 aliphatic heterocycles. The molecule has 20 heteroatoms. The van der Waals surface area contributed by atoms with Gasteiger partial charge in [0.15, 0.2) is 11.2 Å². The molecule has 0 aromatic rings. The van der Waals surface area contributed by atoms with E-state index >= 15 is 0 Å². The zero-order chi connectivity index (χ0) is 25.8. The average Bonchev–Trinajstić information content (AvgIpc) is 2.41. The second kappa shape index (κ2) is 15.6. The number of hydrogen-bond acceptors (Lipinski definition) is 10. The molecule has 0 atom stereocenters. The minimum Gasteiger partial charge on any atom is -0.756 e. The van der Waals surface area contributed by atoms with Crippen molar-refractivity contribution < 1.29 is 118 Å². The molecule has 180 valence electrons. The first-order valence-corrected chi connectivity index (χ1v) is 8.64. The van der Waals surface area contributed by atoms with Crippen molar-refractivity contribution in [1.29, 1.82) is 0 Å². The van der Waals surface area contributed by atoms with E-state index in [0.717, 1.165) is 0 Å². The molecule has 10 N–H and O–H groups in total. The van der Waals surface area contributed by atoms with Crippen LogP contribution in [-0.4, -0.2) is 97.7 Å². The summed E-state index contributed by atoms with van der Waals surface area (Å²) in [6, 6.07) is 0. The molecule has 0 aliphatic rings. The SMILES string of the molecule is O=C(O)CC(O)(CC(=O)O)C(=O)O.O=C(O)CC(O)(CC(=O)O)C(=O)O.O=P([O-])(O)O.[Na+]. The largest absolute Gasteiger partial charge is 1.00 e. The molecule has 0 spiro atoms. The van der Waals surface area contributed by atoms with Crippen LogP contribution in [0.25, 0.3) is 0 Å². The smallest absolute Gasteiger partial charge is 0.756 e. The van der Waals surface area contributed by atoms with Gasteiger partial charge in [-0.2, -0.15) is 0 Å². The first kappa shape index (κ1) is 37.2. The Hall–Kier alpha value is -2.15. The van der Waals surface area contributed by atoms with E-state index in [1.165, 1.54) is 0 Å². The first-order valence-electron chi connectivity index (χ1n) is 7.11. The molecule has 0 aliphatic carbocycles. The van der Waals surface area contributed by atoms with Gasteiger partial charge in [0.2, 0.25) is 0 Å². The predicted octanol–water partition coefficient (Wildman–Crippen LogP) is -7.05. The zero-order valence-electron chi connectivity index (χ0n) is 16.0. The maximum absolute atomic E-state index is 10.3. The standard InChI is InChI=1S/2C6H8O7.Na.H3O4P/c2*7-3(8)1-6(13,5(11)12)2-4(9)10;;1-5(2,3)4/h2*13H,1-2H2,(H,7,8)(H,9,10)(H,11,12);;(H3,1,2,3,4)/q;;+1;/p-1. The van der Waals surface area contributed by atoms with Crippen LogP contribution in [0.5, 0.6) is 0 Å². The van der Waals surface area contributed by atoms with Crippen LogP contribution in [-0.2, 0) is 33.3 Å². The summed E-state index contributed by atoms with van der Waals surface area (Å²) >= 11 is 0. The van der Waals surface area contributed by atoms with E-state index in [9.17, 15) is 28.8 Å². The Morgan fingerprint density at radius 2 is 0.719 bits per heavy atom. The number of carboxylic acid groups (broad SMARTS) is 6. The Balaban J connectivity index is -0.000000198. The molecule has 0 aromatic carbocycles. The summed E-state index contributed by atoms with van der Waals surface area (Å²) in [6.45, 7) is 0. The molecule has 0 unspecified atom stereocenters. The van der Waals surface area contributed by atoms with Gasteiger partial charge in [-0.1, -0.05) is 0 Å². The van der Waals surface area contributed by atoms with Crippen molar-refractivity contribution in [2.75, 3.05) is 0 Å². The number of hydrogen-bond donors (Lipinski definition) is 10. The van der Waals surface area contributed by atoms with Crippen molar-refractivity contribution in [3.63, 3.8) is 0 Å². The van der Waals surface area contributed by atoms with Gasteiger partial charge in [0.1, 0.15) is 0 Å². The zero-order valence-corrected chi connectivity index (χ0v) is 18.9. The third-order valence-corrected chi connectivity index (χ3v) is 2.57. The normalized spacial score (nSPS) is 10.7. The Labute approximate surface area is 198 Å². The van der Waals surface area contributed by atoms with Crippen molar-refractivity contribution in [1.82, 2.24) is 0 Å². The molecule has 0 bridgehead atoms. The van der Waals surface area contributed by atoms with E-state index in [1.54, 1.807) is 0 Å². The second-order valence-corrected chi connectivity index (χ2v) is 6.43. The Bertz CT molecular complexity index is 648. The second-order valence-electron chi connectivity index (χ2n) is 5.45. The molecule has 32 heavy (non-hydrogen) atoms. The van der Waals surface area contributed by atoms with Gasteiger partial charge in [-0.15, -0.1) is 0 Å². The van der Waals surface area contributed by atoms with Crippen LogP contribution in [0.2, 0.25) is 0 Å². The van der Waals surface area contributed by atoms with E-state index in [-0.39, 0.29) is 29.6 Å². The molecule has 0 fully saturated rings. The van der Waals surface area contributed by atoms with Gasteiger partial charge in [-0.05, 0) is 0 Å². The Kier molecular flexibility index (Phi) is 18.1. The van der Waals surface area contributed by atoms with Crippen molar-refractivity contribution in [2.24, 2.45) is 0 Å².